The lowest BCUT2D eigenvalue weighted by Crippen LogP contribution is -2.28. The van der Waals surface area contributed by atoms with Gasteiger partial charge < -0.3 is 16.0 Å². The fourth-order valence-corrected chi connectivity index (χ4v) is 3.60. The maximum Gasteiger partial charge on any atom is 0.416 e. The largest absolute Gasteiger partial charge is 0.416 e. The van der Waals surface area contributed by atoms with E-state index in [4.69, 9.17) is 16.0 Å². The summed E-state index contributed by atoms with van der Waals surface area (Å²) < 4.78 is 45.6. The number of benzene rings is 2. The predicted octanol–water partition coefficient (Wildman–Crippen LogP) is 3.74. The molecule has 0 radical (unpaired) electrons. The van der Waals surface area contributed by atoms with Gasteiger partial charge in [-0.15, -0.1) is 0 Å². The maximum absolute atomic E-state index is 13.3. The van der Waals surface area contributed by atoms with Gasteiger partial charge in [-0.1, -0.05) is 24.2 Å². The Hall–Kier alpha value is -4.41. The SMILES string of the molecule is CC(c1cc(N)cc(C(F)(F)F)c1)c1cc(=O)n(-c2cccc(-c3ccon3)c2)nc1C(N)=O. The third kappa shape index (κ3) is 4.40. The Morgan fingerprint density at radius 1 is 1.12 bits per heavy atom. The van der Waals surface area contributed by atoms with Gasteiger partial charge in [0, 0.05) is 29.3 Å². The molecule has 4 aromatic rings. The van der Waals surface area contributed by atoms with Crippen molar-refractivity contribution in [3.63, 3.8) is 0 Å². The van der Waals surface area contributed by atoms with Crippen LogP contribution in [0.5, 0.6) is 0 Å². The molecular formula is C23H18F3N5O3. The molecule has 1 amide bonds. The van der Waals surface area contributed by atoms with Crippen LogP contribution in [0.3, 0.4) is 0 Å². The lowest BCUT2D eigenvalue weighted by molar-refractivity contribution is -0.137. The molecule has 0 aliphatic rings. The fraction of sp³-hybridized carbons (Fsp3) is 0.130. The van der Waals surface area contributed by atoms with Crippen molar-refractivity contribution in [2.75, 3.05) is 5.73 Å². The van der Waals surface area contributed by atoms with Crippen molar-refractivity contribution in [1.29, 1.82) is 0 Å². The molecule has 1 unspecified atom stereocenters. The normalized spacial score (nSPS) is 12.5. The molecule has 2 aromatic carbocycles. The van der Waals surface area contributed by atoms with Gasteiger partial charge in [0.05, 0.1) is 11.3 Å². The number of halogens is 3. The second kappa shape index (κ2) is 8.50. The first-order chi connectivity index (χ1) is 16.0. The summed E-state index contributed by atoms with van der Waals surface area (Å²) in [5.74, 6) is -1.77. The van der Waals surface area contributed by atoms with Crippen molar-refractivity contribution in [2.45, 2.75) is 19.0 Å². The van der Waals surface area contributed by atoms with Gasteiger partial charge in [0.1, 0.15) is 12.0 Å². The topological polar surface area (TPSA) is 130 Å². The minimum atomic E-state index is -4.62. The van der Waals surface area contributed by atoms with Crippen molar-refractivity contribution in [1.82, 2.24) is 14.9 Å². The second-order valence-corrected chi connectivity index (χ2v) is 7.61. The highest BCUT2D eigenvalue weighted by atomic mass is 19.4. The summed E-state index contributed by atoms with van der Waals surface area (Å²) in [7, 11) is 0. The molecule has 0 aliphatic carbocycles. The number of primary amides is 1. The molecule has 0 saturated carbocycles. The number of hydrogen-bond donors (Lipinski definition) is 2. The van der Waals surface area contributed by atoms with Crippen LogP contribution in [0.15, 0.2) is 70.2 Å². The van der Waals surface area contributed by atoms with E-state index in [0.29, 0.717) is 16.9 Å². The number of nitrogen functional groups attached to an aromatic ring is 1. The average molecular weight is 469 g/mol. The van der Waals surface area contributed by atoms with Gasteiger partial charge in [0.2, 0.25) is 0 Å². The highest BCUT2D eigenvalue weighted by Gasteiger charge is 2.32. The van der Waals surface area contributed by atoms with Crippen LogP contribution in [0.4, 0.5) is 18.9 Å². The highest BCUT2D eigenvalue weighted by molar-refractivity contribution is 5.92. The molecule has 4 rings (SSSR count). The molecule has 174 valence electrons. The fourth-order valence-electron chi connectivity index (χ4n) is 3.60. The number of hydrogen-bond acceptors (Lipinski definition) is 6. The zero-order chi connectivity index (χ0) is 24.6. The van der Waals surface area contributed by atoms with E-state index in [1.165, 1.54) is 19.3 Å². The molecule has 8 nitrogen and oxygen atoms in total. The molecule has 2 heterocycles. The van der Waals surface area contributed by atoms with Crippen molar-refractivity contribution < 1.29 is 22.5 Å². The van der Waals surface area contributed by atoms with Gasteiger partial charge in [0.15, 0.2) is 5.69 Å². The van der Waals surface area contributed by atoms with Crippen LogP contribution in [-0.2, 0) is 6.18 Å². The molecule has 11 heteroatoms. The zero-order valence-electron chi connectivity index (χ0n) is 17.7. The van der Waals surface area contributed by atoms with E-state index in [9.17, 15) is 22.8 Å². The van der Waals surface area contributed by atoms with E-state index in [-0.39, 0.29) is 22.5 Å². The van der Waals surface area contributed by atoms with Crippen LogP contribution in [-0.4, -0.2) is 20.8 Å². The number of carbonyl (C=O) groups excluding carboxylic acids is 1. The van der Waals surface area contributed by atoms with Crippen LogP contribution >= 0.6 is 0 Å². The Balaban J connectivity index is 1.82. The summed E-state index contributed by atoms with van der Waals surface area (Å²) in [6.07, 6.45) is -3.22. The number of rotatable bonds is 5. The first kappa shape index (κ1) is 22.8. The maximum atomic E-state index is 13.3. The summed E-state index contributed by atoms with van der Waals surface area (Å²) in [6, 6.07) is 12.5. The third-order valence-electron chi connectivity index (χ3n) is 5.29. The number of alkyl halides is 3. The monoisotopic (exact) mass is 469 g/mol. The number of anilines is 1. The predicted molar refractivity (Wildman–Crippen MR) is 117 cm³/mol. The van der Waals surface area contributed by atoms with Gasteiger partial charge in [-0.2, -0.15) is 23.0 Å². The molecule has 2 aromatic heterocycles. The zero-order valence-corrected chi connectivity index (χ0v) is 17.7. The lowest BCUT2D eigenvalue weighted by atomic mass is 9.90. The lowest BCUT2D eigenvalue weighted by Gasteiger charge is -2.18. The molecular weight excluding hydrogens is 451 g/mol. The first-order valence-electron chi connectivity index (χ1n) is 9.97. The van der Waals surface area contributed by atoms with Gasteiger partial charge in [-0.05, 0) is 41.5 Å². The number of aromatic nitrogens is 3. The van der Waals surface area contributed by atoms with Crippen LogP contribution < -0.4 is 17.0 Å². The van der Waals surface area contributed by atoms with E-state index < -0.39 is 29.1 Å². The Bertz CT molecular complexity index is 1430. The van der Waals surface area contributed by atoms with Gasteiger partial charge in [-0.25, -0.2) is 0 Å². The minimum absolute atomic E-state index is 0.0835. The van der Waals surface area contributed by atoms with Gasteiger partial charge in [-0.3, -0.25) is 9.59 Å². The van der Waals surface area contributed by atoms with E-state index in [1.54, 1.807) is 30.3 Å². The van der Waals surface area contributed by atoms with E-state index >= 15 is 0 Å². The van der Waals surface area contributed by atoms with Crippen molar-refractivity contribution in [2.24, 2.45) is 5.73 Å². The molecule has 0 aliphatic heterocycles. The van der Waals surface area contributed by atoms with E-state index in [2.05, 4.69) is 10.3 Å². The number of carbonyl (C=O) groups is 1. The standard InChI is InChI=1S/C23H18F3N5O3/c1-12(14-7-15(23(24,25)26)10-16(27)8-14)18-11-20(32)31(29-21(18)22(28)33)17-4-2-3-13(9-17)19-5-6-34-30-19/h2-12H,27H2,1H3,(H2,28,33). The summed E-state index contributed by atoms with van der Waals surface area (Å²) in [5, 5.41) is 7.98. The van der Waals surface area contributed by atoms with Crippen LogP contribution in [0, 0.1) is 0 Å². The summed E-state index contributed by atoms with van der Waals surface area (Å²) in [5.41, 5.74) is 11.0. The van der Waals surface area contributed by atoms with Crippen LogP contribution in [0.1, 0.15) is 40.0 Å². The second-order valence-electron chi connectivity index (χ2n) is 7.61. The number of amides is 1. The first-order valence-corrected chi connectivity index (χ1v) is 9.97. The third-order valence-corrected chi connectivity index (χ3v) is 5.29. The number of nitrogens with zero attached hydrogens (tertiary/aromatic N) is 3. The quantitative estimate of drug-likeness (QED) is 0.428. The molecule has 0 bridgehead atoms. The summed E-state index contributed by atoms with van der Waals surface area (Å²) in [4.78, 5) is 25.2. The average Bonchev–Trinajstić information content (AvgIpc) is 3.32. The minimum Gasteiger partial charge on any atom is -0.399 e. The van der Waals surface area contributed by atoms with Crippen molar-refractivity contribution >= 4 is 11.6 Å². The highest BCUT2D eigenvalue weighted by Crippen LogP contribution is 2.35. The summed E-state index contributed by atoms with van der Waals surface area (Å²) in [6.45, 7) is 1.54. The molecule has 0 fully saturated rings. The Morgan fingerprint density at radius 2 is 1.88 bits per heavy atom. The van der Waals surface area contributed by atoms with E-state index in [0.717, 1.165) is 22.9 Å². The molecule has 0 saturated heterocycles. The smallest absolute Gasteiger partial charge is 0.399 e. The Kier molecular flexibility index (Phi) is 5.70. The van der Waals surface area contributed by atoms with Crippen molar-refractivity contribution in [3.8, 4) is 16.9 Å². The van der Waals surface area contributed by atoms with E-state index in [1.807, 2.05) is 0 Å². The van der Waals surface area contributed by atoms with Crippen LogP contribution in [0.2, 0.25) is 0 Å². The van der Waals surface area contributed by atoms with Gasteiger partial charge >= 0.3 is 6.18 Å². The molecule has 4 N–H and O–H groups in total. The summed E-state index contributed by atoms with van der Waals surface area (Å²) >= 11 is 0. The molecule has 0 spiro atoms. The van der Waals surface area contributed by atoms with Crippen molar-refractivity contribution in [3.05, 3.63) is 93.6 Å². The number of nitrogens with two attached hydrogens (primary N) is 2. The molecule has 1 atom stereocenters. The van der Waals surface area contributed by atoms with Gasteiger partial charge in [0.25, 0.3) is 11.5 Å². The molecule has 34 heavy (non-hydrogen) atoms. The Labute approximate surface area is 190 Å². The Morgan fingerprint density at radius 3 is 2.53 bits per heavy atom. The van der Waals surface area contributed by atoms with Crippen LogP contribution in [0.25, 0.3) is 16.9 Å².